The van der Waals surface area contributed by atoms with Gasteiger partial charge in [-0.05, 0) is 84.3 Å². The number of hydrogen-bond acceptors (Lipinski definition) is 4. The molecule has 2 atom stereocenters. The minimum Gasteiger partial charge on any atom is -0.351 e. The Labute approximate surface area is 262 Å². The second-order valence-corrected chi connectivity index (χ2v) is 13.1. The zero-order valence-electron chi connectivity index (χ0n) is 24.7. The van der Waals surface area contributed by atoms with E-state index in [4.69, 9.17) is 5.73 Å². The van der Waals surface area contributed by atoms with Gasteiger partial charge in [-0.3, -0.25) is 19.3 Å². The molecule has 4 N–H and O–H groups in total. The van der Waals surface area contributed by atoms with E-state index in [9.17, 15) is 19.2 Å². The summed E-state index contributed by atoms with van der Waals surface area (Å²) in [5.74, 6) is 0.0217. The second-order valence-electron chi connectivity index (χ2n) is 13.1. The largest absolute Gasteiger partial charge is 0.351 e. The van der Waals surface area contributed by atoms with E-state index in [1.807, 2.05) is 66.7 Å². The highest BCUT2D eigenvalue weighted by molar-refractivity contribution is 6.14. The Bertz CT molecular complexity index is 2310. The average Bonchev–Trinajstić information content (AvgIpc) is 3.68. The molecule has 226 valence electrons. The maximum atomic E-state index is 14.0. The lowest BCUT2D eigenvalue weighted by molar-refractivity contribution is 0.0798. The number of nitrogens with one attached hydrogen (secondary N) is 2. The molecule has 3 aliphatic heterocycles. The van der Waals surface area contributed by atoms with Crippen LogP contribution in [0.4, 0.5) is 16.2 Å². The van der Waals surface area contributed by atoms with E-state index in [2.05, 4.69) is 9.97 Å². The van der Waals surface area contributed by atoms with E-state index in [1.165, 1.54) is 0 Å². The Morgan fingerprint density at radius 3 is 2.07 bits per heavy atom. The van der Waals surface area contributed by atoms with E-state index in [-0.39, 0.29) is 23.5 Å². The van der Waals surface area contributed by atoms with Gasteiger partial charge in [0.05, 0.1) is 5.41 Å². The molecule has 5 aliphatic rings. The van der Waals surface area contributed by atoms with Crippen LogP contribution >= 0.6 is 0 Å². The van der Waals surface area contributed by atoms with Crippen molar-refractivity contribution in [2.75, 3.05) is 29.4 Å². The van der Waals surface area contributed by atoms with Crippen LogP contribution in [0.1, 0.15) is 54.4 Å². The van der Waals surface area contributed by atoms with Crippen molar-refractivity contribution in [3.05, 3.63) is 100 Å². The fourth-order valence-electron chi connectivity index (χ4n) is 8.62. The summed E-state index contributed by atoms with van der Waals surface area (Å²) in [6.07, 6.45) is 4.17. The van der Waals surface area contributed by atoms with Crippen LogP contribution < -0.4 is 15.5 Å². The van der Waals surface area contributed by atoms with E-state index in [0.29, 0.717) is 43.9 Å². The zero-order valence-corrected chi connectivity index (χ0v) is 24.7. The van der Waals surface area contributed by atoms with E-state index in [1.54, 1.807) is 14.7 Å². The molecule has 1 spiro atoms. The number of carbonyl (C=O) groups is 4. The molecule has 46 heavy (non-hydrogen) atoms. The molecule has 2 aliphatic carbocycles. The number of rotatable bonds is 2. The third-order valence-corrected chi connectivity index (χ3v) is 10.9. The minimum absolute atomic E-state index is 0.129. The van der Waals surface area contributed by atoms with Crippen molar-refractivity contribution in [2.45, 2.75) is 19.3 Å². The lowest BCUT2D eigenvalue weighted by Crippen LogP contribution is -2.34. The third-order valence-electron chi connectivity index (χ3n) is 10.9. The molecule has 10 heteroatoms. The van der Waals surface area contributed by atoms with Crippen LogP contribution in [0.3, 0.4) is 0 Å². The molecule has 5 aromatic rings. The maximum Gasteiger partial charge on any atom is 0.319 e. The van der Waals surface area contributed by atoms with Gasteiger partial charge in [-0.2, -0.15) is 0 Å². The number of carbonyl (C=O) groups excluding carboxylic acids is 4. The van der Waals surface area contributed by atoms with Gasteiger partial charge in [0.2, 0.25) is 0 Å². The van der Waals surface area contributed by atoms with Crippen LogP contribution in [-0.2, 0) is 12.8 Å². The molecular formula is C36H28N6O4. The number of piperidine rings is 1. The van der Waals surface area contributed by atoms with Gasteiger partial charge in [0, 0.05) is 64.1 Å². The fraction of sp³-hybridized carbons (Fsp3) is 0.222. The van der Waals surface area contributed by atoms with Crippen molar-refractivity contribution in [3.8, 4) is 0 Å². The highest BCUT2D eigenvalue weighted by atomic mass is 16.2. The van der Waals surface area contributed by atoms with E-state index >= 15 is 0 Å². The minimum atomic E-state index is -0.567. The molecule has 1 saturated carbocycles. The van der Waals surface area contributed by atoms with Crippen LogP contribution in [0.5, 0.6) is 0 Å². The number of benzene rings is 3. The Morgan fingerprint density at radius 2 is 1.39 bits per heavy atom. The number of primary amides is 1. The predicted octanol–water partition coefficient (Wildman–Crippen LogP) is 4.99. The van der Waals surface area contributed by atoms with Crippen LogP contribution in [0.15, 0.2) is 66.4 Å². The third kappa shape index (κ3) is 3.15. The molecule has 10 rings (SSSR count). The summed E-state index contributed by atoms with van der Waals surface area (Å²) >= 11 is 0. The number of ketones is 1. The quantitative estimate of drug-likeness (QED) is 0.260. The van der Waals surface area contributed by atoms with Crippen molar-refractivity contribution in [1.82, 2.24) is 14.9 Å². The highest BCUT2D eigenvalue weighted by Gasteiger charge is 2.69. The van der Waals surface area contributed by atoms with Crippen molar-refractivity contribution in [1.29, 1.82) is 0 Å². The van der Waals surface area contributed by atoms with Crippen LogP contribution in [0, 0.1) is 11.3 Å². The number of fused-ring (bicyclic) bond motifs is 7. The number of hydrogen-bond donors (Lipinski definition) is 3. The maximum absolute atomic E-state index is 14.0. The first-order chi connectivity index (χ1) is 22.3. The molecule has 0 bridgehead atoms. The Hall–Kier alpha value is -5.64. The van der Waals surface area contributed by atoms with Crippen molar-refractivity contribution in [3.63, 3.8) is 0 Å². The number of aromatic amines is 2. The Balaban J connectivity index is 0.966. The van der Waals surface area contributed by atoms with Gasteiger partial charge in [0.25, 0.3) is 11.8 Å². The number of anilines is 2. The van der Waals surface area contributed by atoms with Crippen LogP contribution in [0.25, 0.3) is 27.9 Å². The van der Waals surface area contributed by atoms with Gasteiger partial charge in [-0.1, -0.05) is 24.3 Å². The second kappa shape index (κ2) is 8.54. The van der Waals surface area contributed by atoms with Crippen molar-refractivity contribution in [2.24, 2.45) is 17.1 Å². The summed E-state index contributed by atoms with van der Waals surface area (Å²) in [5.41, 5.74) is 13.7. The summed E-state index contributed by atoms with van der Waals surface area (Å²) in [6.45, 7) is 1.58. The molecule has 10 nitrogen and oxygen atoms in total. The van der Waals surface area contributed by atoms with E-state index in [0.717, 1.165) is 67.6 Å². The SMILES string of the molecule is NC(=O)N1CCc2c1ccc1[nH]c(C(=O)N3CCc4c3ccc3[nH]c(C(=O)N5C[C@@H]6C[C@@]67C(=O)c6ccccc6C=C57)cc43)cc21. The molecule has 0 unspecified atom stereocenters. The lowest BCUT2D eigenvalue weighted by Gasteiger charge is -2.28. The summed E-state index contributed by atoms with van der Waals surface area (Å²) < 4.78 is 0. The Morgan fingerprint density at radius 1 is 0.783 bits per heavy atom. The summed E-state index contributed by atoms with van der Waals surface area (Å²) in [4.78, 5) is 65.0. The highest BCUT2D eigenvalue weighted by Crippen LogP contribution is 2.67. The average molecular weight is 609 g/mol. The normalized spacial score (nSPS) is 22.1. The monoisotopic (exact) mass is 608 g/mol. The number of nitrogens with two attached hydrogens (primary N) is 1. The number of allylic oxidation sites excluding steroid dienone is 1. The fourth-order valence-corrected chi connectivity index (χ4v) is 8.62. The Kier molecular flexibility index (Phi) is 4.76. The van der Waals surface area contributed by atoms with Gasteiger partial charge in [-0.25, -0.2) is 4.79 Å². The van der Waals surface area contributed by atoms with Crippen molar-refractivity contribution >= 4 is 62.9 Å². The van der Waals surface area contributed by atoms with Gasteiger partial charge in [0.1, 0.15) is 11.4 Å². The number of nitrogens with zero attached hydrogens (tertiary/aromatic N) is 3. The lowest BCUT2D eigenvalue weighted by atomic mass is 9.83. The molecule has 3 aromatic carbocycles. The van der Waals surface area contributed by atoms with Gasteiger partial charge < -0.3 is 25.5 Å². The van der Waals surface area contributed by atoms with Gasteiger partial charge in [0.15, 0.2) is 5.78 Å². The zero-order chi connectivity index (χ0) is 31.1. The molecule has 2 fully saturated rings. The number of aromatic nitrogens is 2. The van der Waals surface area contributed by atoms with Crippen LogP contribution in [-0.4, -0.2) is 58.1 Å². The molecule has 4 amide bonds. The van der Waals surface area contributed by atoms with Crippen LogP contribution in [0.2, 0.25) is 0 Å². The number of amides is 4. The first-order valence-corrected chi connectivity index (χ1v) is 15.7. The number of likely N-dealkylation sites (tertiary alicyclic amines) is 1. The summed E-state index contributed by atoms with van der Waals surface area (Å²) in [6, 6.07) is 18.6. The molecule has 0 radical (unpaired) electrons. The van der Waals surface area contributed by atoms with E-state index < -0.39 is 11.4 Å². The van der Waals surface area contributed by atoms with Crippen molar-refractivity contribution < 1.29 is 19.2 Å². The number of H-pyrrole nitrogens is 2. The molecular weight excluding hydrogens is 580 g/mol. The standard InChI is InChI=1S/C36H28N6O4/c37-35(46)41-12-10-22-24-14-27(38-26(24)6-8-30(22)41)33(44)40-11-9-21-23-15-28(39-25(23)5-7-29(21)40)34(45)42-17-19-16-36(19)31(42)13-18-3-1-2-4-20(18)32(36)43/h1-8,13-15,19,38-39H,9-12,16-17H2,(H2,37,46)/t19-,36+/m0/s1. The molecule has 2 aromatic heterocycles. The predicted molar refractivity (Wildman–Crippen MR) is 173 cm³/mol. The van der Waals surface area contributed by atoms with Gasteiger partial charge in [-0.15, -0.1) is 0 Å². The first kappa shape index (κ1) is 25.7. The first-order valence-electron chi connectivity index (χ1n) is 15.7. The molecule has 5 heterocycles. The number of urea groups is 1. The summed E-state index contributed by atoms with van der Waals surface area (Å²) in [5, 5.41) is 1.85. The summed E-state index contributed by atoms with van der Waals surface area (Å²) in [7, 11) is 0. The smallest absolute Gasteiger partial charge is 0.319 e. The molecule has 1 saturated heterocycles. The van der Waals surface area contributed by atoms with Gasteiger partial charge >= 0.3 is 6.03 Å². The number of Topliss-reactive ketones (excluding diaryl/α,β-unsaturated/α-hetero) is 1. The topological polar surface area (TPSA) is 136 Å².